The number of aliphatic carboxylic acids is 1. The molecule has 2 aliphatic rings. The predicted octanol–water partition coefficient (Wildman–Crippen LogP) is 5.45. The van der Waals surface area contributed by atoms with Gasteiger partial charge in [0.05, 0.1) is 11.4 Å². The summed E-state index contributed by atoms with van der Waals surface area (Å²) >= 11 is 0. The Bertz CT molecular complexity index is 1670. The summed E-state index contributed by atoms with van der Waals surface area (Å²) < 4.78 is 42.6. The summed E-state index contributed by atoms with van der Waals surface area (Å²) in [4.78, 5) is 37.2. The highest BCUT2D eigenvalue weighted by molar-refractivity contribution is 7.89. The fraction of sp³-hybridized carbons (Fsp3) is 0.344. The van der Waals surface area contributed by atoms with Crippen LogP contribution in [0.15, 0.2) is 72.8 Å². The van der Waals surface area contributed by atoms with E-state index in [-0.39, 0.29) is 23.8 Å². The van der Waals surface area contributed by atoms with E-state index in [0.717, 1.165) is 17.5 Å². The minimum atomic E-state index is -4.08. The van der Waals surface area contributed by atoms with Gasteiger partial charge in [-0.15, -0.1) is 0 Å². The molecule has 0 saturated heterocycles. The van der Waals surface area contributed by atoms with Crippen molar-refractivity contribution in [1.82, 2.24) is 4.72 Å². The van der Waals surface area contributed by atoms with Crippen molar-refractivity contribution >= 4 is 39.2 Å². The minimum Gasteiger partial charge on any atom is -0.480 e. The van der Waals surface area contributed by atoms with E-state index in [1.807, 2.05) is 19.9 Å². The summed E-state index contributed by atoms with van der Waals surface area (Å²) in [6.45, 7) is 3.88. The first-order valence-electron chi connectivity index (χ1n) is 14.1. The normalized spacial score (nSPS) is 21.4. The Kier molecular flexibility index (Phi) is 8.15. The molecule has 5 rings (SSSR count). The number of ketones is 1. The Balaban J connectivity index is 1.24. The predicted molar refractivity (Wildman–Crippen MR) is 162 cm³/mol. The molecule has 11 heteroatoms. The second kappa shape index (κ2) is 11.5. The van der Waals surface area contributed by atoms with Crippen molar-refractivity contribution in [2.75, 3.05) is 16.4 Å². The van der Waals surface area contributed by atoms with Crippen LogP contribution in [0.25, 0.3) is 11.1 Å². The maximum Gasteiger partial charge on any atom is 0.323 e. The van der Waals surface area contributed by atoms with Gasteiger partial charge in [0, 0.05) is 17.5 Å². The number of rotatable bonds is 10. The fourth-order valence-electron chi connectivity index (χ4n) is 6.56. The molecule has 226 valence electrons. The summed E-state index contributed by atoms with van der Waals surface area (Å²) in [6.07, 6.45) is 1.58. The third-order valence-electron chi connectivity index (χ3n) is 9.17. The van der Waals surface area contributed by atoms with Crippen LogP contribution in [0.4, 0.5) is 20.6 Å². The first-order valence-corrected chi connectivity index (χ1v) is 15.7. The summed E-state index contributed by atoms with van der Waals surface area (Å²) in [6, 6.07) is 17.8. The van der Waals surface area contributed by atoms with Crippen molar-refractivity contribution in [3.63, 3.8) is 0 Å². The van der Waals surface area contributed by atoms with Crippen LogP contribution in [0.1, 0.15) is 38.7 Å². The lowest BCUT2D eigenvalue weighted by Crippen LogP contribution is -2.49. The molecule has 0 heterocycles. The number of nitrogens with one attached hydrogen (secondary N) is 3. The first-order chi connectivity index (χ1) is 20.3. The largest absolute Gasteiger partial charge is 0.480 e. The summed E-state index contributed by atoms with van der Waals surface area (Å²) in [5.74, 6) is -2.17. The second-order valence-corrected chi connectivity index (χ2v) is 13.7. The van der Waals surface area contributed by atoms with E-state index >= 15 is 0 Å². The molecule has 3 atom stereocenters. The maximum absolute atomic E-state index is 13.8. The molecular weight excluding hydrogens is 573 g/mol. The van der Waals surface area contributed by atoms with Crippen molar-refractivity contribution in [3.8, 4) is 11.1 Å². The van der Waals surface area contributed by atoms with E-state index in [0.29, 0.717) is 24.1 Å². The van der Waals surface area contributed by atoms with Gasteiger partial charge in [-0.05, 0) is 71.6 Å². The number of hydrogen-bond acceptors (Lipinski definition) is 5. The third-order valence-corrected chi connectivity index (χ3v) is 10.7. The van der Waals surface area contributed by atoms with Crippen LogP contribution >= 0.6 is 0 Å². The van der Waals surface area contributed by atoms with Crippen LogP contribution < -0.4 is 15.4 Å². The summed E-state index contributed by atoms with van der Waals surface area (Å²) in [5, 5.41) is 15.0. The highest BCUT2D eigenvalue weighted by atomic mass is 32.2. The SMILES string of the molecule is CC1(C)C2CCC1(CS(=O)(=O)N[C@@H](Cc1ccc(-c3cccc(NC(=O)Nc4ccccc4F)c3)cc1)C(=O)O)C(=O)C2. The fourth-order valence-corrected chi connectivity index (χ4v) is 8.59. The number of urea groups is 1. The number of carboxylic acid groups (broad SMARTS) is 1. The number of para-hydroxylation sites is 1. The molecular formula is C32H34FN3O6S. The lowest BCUT2D eigenvalue weighted by Gasteiger charge is -2.36. The van der Waals surface area contributed by atoms with Crippen molar-refractivity contribution in [1.29, 1.82) is 0 Å². The van der Waals surface area contributed by atoms with Crippen LogP contribution in [0.5, 0.6) is 0 Å². The molecule has 4 N–H and O–H groups in total. The smallest absolute Gasteiger partial charge is 0.323 e. The molecule has 2 saturated carbocycles. The van der Waals surface area contributed by atoms with E-state index in [1.54, 1.807) is 48.5 Å². The highest BCUT2D eigenvalue weighted by Crippen LogP contribution is 2.64. The summed E-state index contributed by atoms with van der Waals surface area (Å²) in [7, 11) is -4.08. The van der Waals surface area contributed by atoms with E-state index in [9.17, 15) is 32.3 Å². The number of carbonyl (C=O) groups is 3. The molecule has 43 heavy (non-hydrogen) atoms. The zero-order valence-electron chi connectivity index (χ0n) is 23.9. The number of carboxylic acids is 1. The Morgan fingerprint density at radius 1 is 1.00 bits per heavy atom. The number of hydrogen-bond donors (Lipinski definition) is 4. The van der Waals surface area contributed by atoms with Gasteiger partial charge < -0.3 is 15.7 Å². The van der Waals surface area contributed by atoms with E-state index < -0.39 is 50.5 Å². The molecule has 0 radical (unpaired) electrons. The average molecular weight is 608 g/mol. The molecule has 9 nitrogen and oxygen atoms in total. The van der Waals surface area contributed by atoms with Crippen molar-refractivity contribution in [2.24, 2.45) is 16.7 Å². The number of carbonyl (C=O) groups excluding carboxylic acids is 2. The van der Waals surface area contributed by atoms with Gasteiger partial charge in [-0.3, -0.25) is 9.59 Å². The molecule has 2 fully saturated rings. The van der Waals surface area contributed by atoms with Crippen LogP contribution in [0.2, 0.25) is 0 Å². The van der Waals surface area contributed by atoms with E-state index in [1.165, 1.54) is 18.2 Å². The van der Waals surface area contributed by atoms with E-state index in [2.05, 4.69) is 15.4 Å². The topological polar surface area (TPSA) is 142 Å². The van der Waals surface area contributed by atoms with Crippen LogP contribution in [0, 0.1) is 22.6 Å². The van der Waals surface area contributed by atoms with Gasteiger partial charge in [-0.1, -0.05) is 62.4 Å². The van der Waals surface area contributed by atoms with Gasteiger partial charge in [0.15, 0.2) is 0 Å². The minimum absolute atomic E-state index is 0.0495. The molecule has 2 unspecified atom stereocenters. The molecule has 3 aromatic carbocycles. The molecule has 2 aliphatic carbocycles. The quantitative estimate of drug-likeness (QED) is 0.242. The first kappa shape index (κ1) is 30.4. The van der Waals surface area contributed by atoms with Gasteiger partial charge in [-0.2, -0.15) is 0 Å². The van der Waals surface area contributed by atoms with Gasteiger partial charge in [0.1, 0.15) is 17.6 Å². The van der Waals surface area contributed by atoms with Gasteiger partial charge >= 0.3 is 12.0 Å². The van der Waals surface area contributed by atoms with Crippen molar-refractivity contribution in [2.45, 2.75) is 45.6 Å². The lowest BCUT2D eigenvalue weighted by molar-refractivity contribution is -0.138. The van der Waals surface area contributed by atoms with Crippen LogP contribution in [0.3, 0.4) is 0 Å². The number of Topliss-reactive ketones (excluding diaryl/α,β-unsaturated/α-hetero) is 1. The number of sulfonamides is 1. The Labute approximate surface area is 249 Å². The van der Waals surface area contributed by atoms with Crippen molar-refractivity contribution < 1.29 is 32.3 Å². The number of benzene rings is 3. The van der Waals surface area contributed by atoms with E-state index in [4.69, 9.17) is 0 Å². The number of fused-ring (bicyclic) bond motifs is 2. The second-order valence-electron chi connectivity index (χ2n) is 12.0. The van der Waals surface area contributed by atoms with Gasteiger partial charge in [0.25, 0.3) is 0 Å². The monoisotopic (exact) mass is 607 g/mol. The Hall–Kier alpha value is -4.09. The zero-order valence-corrected chi connectivity index (χ0v) is 24.7. The molecule has 0 aromatic heterocycles. The zero-order chi connectivity index (χ0) is 31.0. The van der Waals surface area contributed by atoms with Crippen LogP contribution in [-0.4, -0.2) is 43.1 Å². The Morgan fingerprint density at radius 3 is 2.35 bits per heavy atom. The van der Waals surface area contributed by atoms with Gasteiger partial charge in [-0.25, -0.2) is 22.3 Å². The van der Waals surface area contributed by atoms with Gasteiger partial charge in [0.2, 0.25) is 10.0 Å². The third kappa shape index (κ3) is 6.18. The number of anilines is 2. The molecule has 0 aliphatic heterocycles. The maximum atomic E-state index is 13.8. The molecule has 2 amide bonds. The average Bonchev–Trinajstić information content (AvgIpc) is 3.28. The van der Waals surface area contributed by atoms with Crippen molar-refractivity contribution in [3.05, 3.63) is 84.2 Å². The molecule has 2 bridgehead atoms. The van der Waals surface area contributed by atoms with Crippen LogP contribution in [-0.2, 0) is 26.0 Å². The highest BCUT2D eigenvalue weighted by Gasteiger charge is 2.65. The lowest BCUT2D eigenvalue weighted by atomic mass is 9.70. The Morgan fingerprint density at radius 2 is 1.72 bits per heavy atom. The number of amides is 2. The standard InChI is InChI=1S/C32H34FN3O6S/c1-31(2)23-14-15-32(31,28(37)18-23)19-43(41,42)36-27(29(38)39)16-20-10-12-21(13-11-20)22-6-5-7-24(17-22)34-30(40)35-26-9-4-3-8-25(26)33/h3-13,17,23,27,36H,14-16,18-19H2,1-2H3,(H,38,39)(H2,34,35,40)/t23?,27-,32?/m0/s1. The summed E-state index contributed by atoms with van der Waals surface area (Å²) in [5.41, 5.74) is 1.24. The molecule has 0 spiro atoms. The molecule has 3 aromatic rings. The number of halogens is 1.